The Morgan fingerprint density at radius 3 is 2.53 bits per heavy atom. The Kier molecular flexibility index (Phi) is 2.45. The fraction of sp³-hybridized carbons (Fsp3) is 0.100. The maximum atomic E-state index is 12.6. The SMILES string of the molecule is O=[N+]([O-])c1ccc(C(F)(F)F)c2ncccc12. The highest BCUT2D eigenvalue weighted by molar-refractivity contribution is 5.90. The zero-order chi connectivity index (χ0) is 12.6. The Hall–Kier alpha value is -2.18. The molecule has 0 amide bonds. The second-order valence-corrected chi connectivity index (χ2v) is 3.29. The van der Waals surface area contributed by atoms with Gasteiger partial charge in [-0.25, -0.2) is 0 Å². The smallest absolute Gasteiger partial charge is 0.258 e. The Balaban J connectivity index is 2.85. The quantitative estimate of drug-likeness (QED) is 0.570. The molecule has 2 rings (SSSR count). The van der Waals surface area contributed by atoms with Crippen LogP contribution < -0.4 is 0 Å². The molecule has 0 aliphatic rings. The number of hydrogen-bond donors (Lipinski definition) is 0. The van der Waals surface area contributed by atoms with E-state index in [-0.39, 0.29) is 11.1 Å². The summed E-state index contributed by atoms with van der Waals surface area (Å²) in [7, 11) is 0. The highest BCUT2D eigenvalue weighted by Crippen LogP contribution is 2.36. The number of nitro groups is 1. The van der Waals surface area contributed by atoms with Gasteiger partial charge in [-0.3, -0.25) is 15.1 Å². The Bertz CT molecular complexity index is 596. The van der Waals surface area contributed by atoms with Crippen LogP contribution in [0.5, 0.6) is 0 Å². The van der Waals surface area contributed by atoms with E-state index < -0.39 is 22.2 Å². The summed E-state index contributed by atoms with van der Waals surface area (Å²) in [6, 6.07) is 4.12. The van der Waals surface area contributed by atoms with Crippen molar-refractivity contribution in [3.8, 4) is 0 Å². The average molecular weight is 242 g/mol. The molecule has 17 heavy (non-hydrogen) atoms. The van der Waals surface area contributed by atoms with E-state index in [0.29, 0.717) is 6.07 Å². The largest absolute Gasteiger partial charge is 0.418 e. The van der Waals surface area contributed by atoms with Gasteiger partial charge in [-0.1, -0.05) is 0 Å². The number of nitrogens with zero attached hydrogens (tertiary/aromatic N) is 2. The van der Waals surface area contributed by atoms with E-state index in [1.54, 1.807) is 0 Å². The third kappa shape index (κ3) is 1.91. The number of nitro benzene ring substituents is 1. The molecule has 0 saturated carbocycles. The van der Waals surface area contributed by atoms with Gasteiger partial charge < -0.3 is 0 Å². The van der Waals surface area contributed by atoms with Crippen molar-refractivity contribution in [2.75, 3.05) is 0 Å². The molecule has 0 aliphatic carbocycles. The minimum Gasteiger partial charge on any atom is -0.258 e. The Morgan fingerprint density at radius 1 is 1.24 bits per heavy atom. The van der Waals surface area contributed by atoms with Crippen LogP contribution in [0.15, 0.2) is 30.5 Å². The maximum Gasteiger partial charge on any atom is 0.418 e. The summed E-state index contributed by atoms with van der Waals surface area (Å²) in [4.78, 5) is 13.5. The minimum atomic E-state index is -4.58. The fourth-order valence-electron chi connectivity index (χ4n) is 1.55. The molecule has 0 aliphatic heterocycles. The van der Waals surface area contributed by atoms with Crippen molar-refractivity contribution >= 4 is 16.6 Å². The summed E-state index contributed by atoms with van der Waals surface area (Å²) in [5.41, 5.74) is -1.77. The number of pyridine rings is 1. The second kappa shape index (κ2) is 3.69. The molecule has 0 fully saturated rings. The van der Waals surface area contributed by atoms with Crippen LogP contribution in [0.4, 0.5) is 18.9 Å². The molecule has 1 heterocycles. The molecule has 0 unspecified atom stereocenters. The van der Waals surface area contributed by atoms with Gasteiger partial charge in [0.25, 0.3) is 5.69 Å². The second-order valence-electron chi connectivity index (χ2n) is 3.29. The van der Waals surface area contributed by atoms with E-state index in [1.807, 2.05) is 0 Å². The highest BCUT2D eigenvalue weighted by Gasteiger charge is 2.34. The van der Waals surface area contributed by atoms with Crippen molar-refractivity contribution in [3.63, 3.8) is 0 Å². The number of benzene rings is 1. The molecular formula is C10H5F3N2O2. The van der Waals surface area contributed by atoms with Crippen molar-refractivity contribution in [2.24, 2.45) is 0 Å². The van der Waals surface area contributed by atoms with Crippen LogP contribution in [-0.4, -0.2) is 9.91 Å². The lowest BCUT2D eigenvalue weighted by Crippen LogP contribution is -2.07. The van der Waals surface area contributed by atoms with E-state index in [1.165, 1.54) is 18.3 Å². The molecule has 1 aromatic heterocycles. The van der Waals surface area contributed by atoms with Gasteiger partial charge in [-0.05, 0) is 18.2 Å². The standard InChI is InChI=1S/C10H5F3N2O2/c11-10(12,13)7-3-4-8(15(16)17)6-2-1-5-14-9(6)7/h1-5H. The van der Waals surface area contributed by atoms with Crippen LogP contribution in [0.2, 0.25) is 0 Å². The van der Waals surface area contributed by atoms with Gasteiger partial charge in [0.05, 0.1) is 21.4 Å². The number of aromatic nitrogens is 1. The van der Waals surface area contributed by atoms with Crippen LogP contribution >= 0.6 is 0 Å². The fourth-order valence-corrected chi connectivity index (χ4v) is 1.55. The predicted octanol–water partition coefficient (Wildman–Crippen LogP) is 3.16. The Labute approximate surface area is 92.8 Å². The van der Waals surface area contributed by atoms with Gasteiger partial charge in [0.15, 0.2) is 0 Å². The first-order chi connectivity index (χ1) is 7.91. The summed E-state index contributed by atoms with van der Waals surface area (Å²) >= 11 is 0. The van der Waals surface area contributed by atoms with Crippen molar-refractivity contribution in [1.29, 1.82) is 0 Å². The lowest BCUT2D eigenvalue weighted by molar-refractivity contribution is -0.383. The number of hydrogen-bond acceptors (Lipinski definition) is 3. The summed E-state index contributed by atoms with van der Waals surface area (Å²) in [6.45, 7) is 0. The number of non-ortho nitro benzene ring substituents is 1. The van der Waals surface area contributed by atoms with E-state index in [0.717, 1.165) is 6.07 Å². The normalized spacial score (nSPS) is 11.7. The lowest BCUT2D eigenvalue weighted by Gasteiger charge is -2.09. The van der Waals surface area contributed by atoms with Crippen LogP contribution in [0.1, 0.15) is 5.56 Å². The molecule has 0 spiro atoms. The van der Waals surface area contributed by atoms with Gasteiger partial charge >= 0.3 is 6.18 Å². The number of rotatable bonds is 1. The predicted molar refractivity (Wildman–Crippen MR) is 53.4 cm³/mol. The third-order valence-corrected chi connectivity index (χ3v) is 2.25. The summed E-state index contributed by atoms with van der Waals surface area (Å²) in [6.07, 6.45) is -3.41. The monoisotopic (exact) mass is 242 g/mol. The van der Waals surface area contributed by atoms with E-state index >= 15 is 0 Å². The molecule has 4 nitrogen and oxygen atoms in total. The van der Waals surface area contributed by atoms with E-state index in [9.17, 15) is 23.3 Å². The molecule has 0 saturated heterocycles. The van der Waals surface area contributed by atoms with Crippen LogP contribution in [0.25, 0.3) is 10.9 Å². The van der Waals surface area contributed by atoms with E-state index in [4.69, 9.17) is 0 Å². The van der Waals surface area contributed by atoms with Crippen molar-refractivity contribution in [1.82, 2.24) is 4.98 Å². The minimum absolute atomic E-state index is 0.118. The molecule has 0 N–H and O–H groups in total. The van der Waals surface area contributed by atoms with Crippen molar-refractivity contribution < 1.29 is 18.1 Å². The topological polar surface area (TPSA) is 56.0 Å². The molecule has 0 bridgehead atoms. The third-order valence-electron chi connectivity index (χ3n) is 2.25. The molecular weight excluding hydrogens is 237 g/mol. The first-order valence-corrected chi connectivity index (χ1v) is 4.50. The Morgan fingerprint density at radius 2 is 1.94 bits per heavy atom. The van der Waals surface area contributed by atoms with Gasteiger partial charge in [0.2, 0.25) is 0 Å². The maximum absolute atomic E-state index is 12.6. The first kappa shape index (κ1) is 11.3. The summed E-state index contributed by atoms with van der Waals surface area (Å²) < 4.78 is 37.9. The molecule has 7 heteroatoms. The van der Waals surface area contributed by atoms with Crippen LogP contribution in [-0.2, 0) is 6.18 Å². The van der Waals surface area contributed by atoms with Gasteiger partial charge in [0.1, 0.15) is 0 Å². The number of fused-ring (bicyclic) bond motifs is 1. The highest BCUT2D eigenvalue weighted by atomic mass is 19.4. The molecule has 2 aromatic rings. The number of alkyl halides is 3. The zero-order valence-electron chi connectivity index (χ0n) is 8.23. The first-order valence-electron chi connectivity index (χ1n) is 4.50. The average Bonchev–Trinajstić information content (AvgIpc) is 2.26. The van der Waals surface area contributed by atoms with Gasteiger partial charge in [0, 0.05) is 12.3 Å². The molecule has 1 aromatic carbocycles. The van der Waals surface area contributed by atoms with Crippen LogP contribution in [0, 0.1) is 10.1 Å². The molecule has 0 radical (unpaired) electrons. The number of halogens is 3. The zero-order valence-corrected chi connectivity index (χ0v) is 8.23. The van der Waals surface area contributed by atoms with Crippen molar-refractivity contribution in [2.45, 2.75) is 6.18 Å². The molecule has 0 atom stereocenters. The van der Waals surface area contributed by atoms with Gasteiger partial charge in [-0.15, -0.1) is 0 Å². The molecule has 88 valence electrons. The summed E-state index contributed by atoms with van der Waals surface area (Å²) in [5.74, 6) is 0. The van der Waals surface area contributed by atoms with Crippen LogP contribution in [0.3, 0.4) is 0 Å². The van der Waals surface area contributed by atoms with Gasteiger partial charge in [-0.2, -0.15) is 13.2 Å². The lowest BCUT2D eigenvalue weighted by atomic mass is 10.1. The summed E-state index contributed by atoms with van der Waals surface area (Å²) in [5, 5.41) is 10.6. The van der Waals surface area contributed by atoms with E-state index in [2.05, 4.69) is 4.98 Å². The van der Waals surface area contributed by atoms with Crippen molar-refractivity contribution in [3.05, 3.63) is 46.1 Å².